The highest BCUT2D eigenvalue weighted by molar-refractivity contribution is 14.0. The zero-order chi connectivity index (χ0) is 20.0. The van der Waals surface area contributed by atoms with Crippen molar-refractivity contribution in [1.82, 2.24) is 20.4 Å². The monoisotopic (exact) mass is 498 g/mol. The van der Waals surface area contributed by atoms with Gasteiger partial charge in [0.25, 0.3) is 0 Å². The highest BCUT2D eigenvalue weighted by Gasteiger charge is 2.25. The lowest BCUT2D eigenvalue weighted by Crippen LogP contribution is -2.46. The van der Waals surface area contributed by atoms with Crippen LogP contribution < -0.4 is 16.4 Å². The van der Waals surface area contributed by atoms with Crippen molar-refractivity contribution in [2.24, 2.45) is 16.1 Å². The van der Waals surface area contributed by atoms with E-state index in [1.165, 1.54) is 0 Å². The van der Waals surface area contributed by atoms with E-state index in [-0.39, 0.29) is 29.9 Å². The van der Waals surface area contributed by atoms with Crippen molar-refractivity contribution in [3.63, 3.8) is 0 Å². The number of carbonyl (C=O) groups is 1. The van der Waals surface area contributed by atoms with Crippen molar-refractivity contribution in [1.29, 1.82) is 0 Å². The fourth-order valence-corrected chi connectivity index (χ4v) is 2.62. The summed E-state index contributed by atoms with van der Waals surface area (Å²) in [6, 6.07) is 10.1. The SMILES string of the molecule is CCNC(=NCc1ccccc1-n1nc(C)cc1C)NCC(C)(C)C(N)=O.I. The Kier molecular flexibility index (Phi) is 8.93. The number of nitrogens with one attached hydrogen (secondary N) is 2. The molecule has 0 saturated carbocycles. The highest BCUT2D eigenvalue weighted by Crippen LogP contribution is 2.18. The normalized spacial score (nSPS) is 11.7. The van der Waals surface area contributed by atoms with Crippen LogP contribution in [-0.2, 0) is 11.3 Å². The van der Waals surface area contributed by atoms with Gasteiger partial charge in [0.1, 0.15) is 0 Å². The second kappa shape index (κ2) is 10.4. The van der Waals surface area contributed by atoms with Gasteiger partial charge < -0.3 is 16.4 Å². The van der Waals surface area contributed by atoms with E-state index in [2.05, 4.69) is 26.8 Å². The van der Waals surface area contributed by atoms with Crippen LogP contribution in [0.25, 0.3) is 5.69 Å². The van der Waals surface area contributed by atoms with Crippen LogP contribution in [-0.4, -0.2) is 34.7 Å². The molecule has 2 aromatic rings. The summed E-state index contributed by atoms with van der Waals surface area (Å²) in [6.45, 7) is 11.3. The Morgan fingerprint density at radius 1 is 1.25 bits per heavy atom. The van der Waals surface area contributed by atoms with Crippen molar-refractivity contribution in [2.75, 3.05) is 13.1 Å². The topological polar surface area (TPSA) is 97.3 Å². The number of guanidine groups is 1. The number of nitrogens with two attached hydrogens (primary N) is 1. The molecule has 1 heterocycles. The number of nitrogens with zero attached hydrogens (tertiary/aromatic N) is 3. The van der Waals surface area contributed by atoms with Gasteiger partial charge in [-0.1, -0.05) is 18.2 Å². The van der Waals surface area contributed by atoms with E-state index in [1.807, 2.05) is 63.6 Å². The molecule has 0 spiro atoms. The first-order valence-electron chi connectivity index (χ1n) is 9.18. The predicted molar refractivity (Wildman–Crippen MR) is 124 cm³/mol. The van der Waals surface area contributed by atoms with Gasteiger partial charge in [0.05, 0.1) is 23.3 Å². The van der Waals surface area contributed by atoms with Crippen LogP contribution in [0.5, 0.6) is 0 Å². The molecule has 0 aliphatic rings. The zero-order valence-corrected chi connectivity index (χ0v) is 19.6. The number of para-hydroxylation sites is 1. The van der Waals surface area contributed by atoms with E-state index in [9.17, 15) is 4.79 Å². The molecule has 7 nitrogen and oxygen atoms in total. The average Bonchev–Trinajstić information content (AvgIpc) is 2.95. The van der Waals surface area contributed by atoms with Gasteiger partial charge in [-0.2, -0.15) is 5.10 Å². The van der Waals surface area contributed by atoms with Crippen LogP contribution in [0.4, 0.5) is 0 Å². The van der Waals surface area contributed by atoms with Crippen LogP contribution in [0, 0.1) is 19.3 Å². The Bertz CT molecular complexity index is 828. The van der Waals surface area contributed by atoms with Gasteiger partial charge in [0, 0.05) is 18.8 Å². The number of aromatic nitrogens is 2. The van der Waals surface area contributed by atoms with E-state index < -0.39 is 5.41 Å². The summed E-state index contributed by atoms with van der Waals surface area (Å²) in [6.07, 6.45) is 0. The third-order valence-corrected chi connectivity index (χ3v) is 4.35. The molecular weight excluding hydrogens is 467 g/mol. The van der Waals surface area contributed by atoms with Crippen molar-refractivity contribution in [2.45, 2.75) is 41.2 Å². The Hall–Kier alpha value is -2.10. The molecule has 1 aromatic heterocycles. The molecule has 0 radical (unpaired) electrons. The van der Waals surface area contributed by atoms with E-state index in [1.54, 1.807) is 0 Å². The number of hydrogen-bond donors (Lipinski definition) is 3. The quantitative estimate of drug-likeness (QED) is 0.311. The lowest BCUT2D eigenvalue weighted by molar-refractivity contribution is -0.125. The summed E-state index contributed by atoms with van der Waals surface area (Å²) in [5, 5.41) is 11.0. The molecule has 0 saturated heterocycles. The smallest absolute Gasteiger partial charge is 0.224 e. The third kappa shape index (κ3) is 6.22. The van der Waals surface area contributed by atoms with Gasteiger partial charge in [-0.25, -0.2) is 9.67 Å². The number of primary amides is 1. The Balaban J connectivity index is 0.00000392. The van der Waals surface area contributed by atoms with Gasteiger partial charge in [0.2, 0.25) is 5.91 Å². The third-order valence-electron chi connectivity index (χ3n) is 4.35. The molecule has 0 bridgehead atoms. The molecular formula is C20H31IN6O. The van der Waals surface area contributed by atoms with Gasteiger partial charge in [-0.3, -0.25) is 4.79 Å². The van der Waals surface area contributed by atoms with Crippen LogP contribution in [0.15, 0.2) is 35.3 Å². The van der Waals surface area contributed by atoms with Crippen LogP contribution in [0.3, 0.4) is 0 Å². The summed E-state index contributed by atoms with van der Waals surface area (Å²) in [5.74, 6) is 0.302. The number of halogens is 1. The van der Waals surface area contributed by atoms with Crippen molar-refractivity contribution in [3.05, 3.63) is 47.3 Å². The second-order valence-corrected chi connectivity index (χ2v) is 7.26. The molecule has 0 unspecified atom stereocenters. The summed E-state index contributed by atoms with van der Waals surface area (Å²) in [5.41, 5.74) is 8.93. The minimum atomic E-state index is -0.655. The molecule has 28 heavy (non-hydrogen) atoms. The molecule has 0 atom stereocenters. The summed E-state index contributed by atoms with van der Waals surface area (Å²) in [4.78, 5) is 16.2. The van der Waals surface area contributed by atoms with Crippen LogP contribution in [0.2, 0.25) is 0 Å². The maximum atomic E-state index is 11.5. The number of aliphatic imine (C=N–C) groups is 1. The molecule has 154 valence electrons. The van der Waals surface area contributed by atoms with E-state index in [4.69, 9.17) is 5.73 Å². The molecule has 2 rings (SSSR count). The van der Waals surface area contributed by atoms with Gasteiger partial charge in [-0.15, -0.1) is 24.0 Å². The Morgan fingerprint density at radius 2 is 1.93 bits per heavy atom. The molecule has 0 fully saturated rings. The minimum Gasteiger partial charge on any atom is -0.369 e. The summed E-state index contributed by atoms with van der Waals surface area (Å²) < 4.78 is 1.94. The first kappa shape index (κ1) is 23.9. The lowest BCUT2D eigenvalue weighted by atomic mass is 9.93. The van der Waals surface area contributed by atoms with Crippen LogP contribution in [0.1, 0.15) is 37.7 Å². The molecule has 4 N–H and O–H groups in total. The van der Waals surface area contributed by atoms with E-state index in [0.29, 0.717) is 19.0 Å². The first-order chi connectivity index (χ1) is 12.7. The number of benzene rings is 1. The fraction of sp³-hybridized carbons (Fsp3) is 0.450. The molecule has 1 aromatic carbocycles. The van der Waals surface area contributed by atoms with E-state index >= 15 is 0 Å². The Morgan fingerprint density at radius 3 is 2.50 bits per heavy atom. The molecule has 1 amide bonds. The van der Waals surface area contributed by atoms with Gasteiger partial charge >= 0.3 is 0 Å². The molecule has 0 aliphatic heterocycles. The first-order valence-corrected chi connectivity index (χ1v) is 9.18. The van der Waals surface area contributed by atoms with Gasteiger partial charge in [-0.05, 0) is 52.3 Å². The van der Waals surface area contributed by atoms with Crippen LogP contribution >= 0.6 is 24.0 Å². The standard InChI is InChI=1S/C20H30N6O.HI/c1-6-22-19(24-13-20(4,5)18(21)27)23-12-16-9-7-8-10-17(16)26-15(3)11-14(2)25-26;/h7-11H,6,12-13H2,1-5H3,(H2,21,27)(H2,22,23,24);1H. The minimum absolute atomic E-state index is 0. The lowest BCUT2D eigenvalue weighted by Gasteiger charge is -2.22. The number of carbonyl (C=O) groups excluding carboxylic acids is 1. The molecule has 8 heteroatoms. The number of hydrogen-bond acceptors (Lipinski definition) is 3. The van der Waals surface area contributed by atoms with Crippen molar-refractivity contribution in [3.8, 4) is 5.69 Å². The largest absolute Gasteiger partial charge is 0.369 e. The Labute approximate surface area is 184 Å². The van der Waals surface area contributed by atoms with E-state index in [0.717, 1.165) is 29.2 Å². The predicted octanol–water partition coefficient (Wildman–Crippen LogP) is 2.67. The van der Waals surface area contributed by atoms with Gasteiger partial charge in [0.15, 0.2) is 5.96 Å². The highest BCUT2D eigenvalue weighted by atomic mass is 127. The number of amides is 1. The molecule has 0 aliphatic carbocycles. The number of aryl methyl sites for hydroxylation is 2. The van der Waals surface area contributed by atoms with Crippen molar-refractivity contribution >= 4 is 35.8 Å². The maximum absolute atomic E-state index is 11.5. The van der Waals surface area contributed by atoms with Crippen molar-refractivity contribution < 1.29 is 4.79 Å². The summed E-state index contributed by atoms with van der Waals surface area (Å²) >= 11 is 0. The number of rotatable bonds is 7. The maximum Gasteiger partial charge on any atom is 0.224 e. The summed E-state index contributed by atoms with van der Waals surface area (Å²) in [7, 11) is 0. The zero-order valence-electron chi connectivity index (χ0n) is 17.2. The fourth-order valence-electron chi connectivity index (χ4n) is 2.62. The average molecular weight is 498 g/mol. The second-order valence-electron chi connectivity index (χ2n) is 7.26.